The number of nitrogens with zero attached hydrogens (tertiary/aromatic N) is 5. The van der Waals surface area contributed by atoms with Crippen molar-refractivity contribution >= 4 is 34.5 Å². The number of hydrogen-bond donors (Lipinski definition) is 4. The smallest absolute Gasteiger partial charge is 0.265 e. The second-order valence-electron chi connectivity index (χ2n) is 8.41. The maximum absolute atomic E-state index is 13.1. The minimum atomic E-state index is -0.590. The second-order valence-corrected chi connectivity index (χ2v) is 8.41. The maximum atomic E-state index is 13.1. The van der Waals surface area contributed by atoms with Crippen molar-refractivity contribution < 1.29 is 9.53 Å². The molecule has 2 aliphatic rings. The van der Waals surface area contributed by atoms with Gasteiger partial charge in [0.1, 0.15) is 17.9 Å². The Morgan fingerprint density at radius 1 is 1.17 bits per heavy atom. The molecule has 0 bridgehead atoms. The normalized spacial score (nSPS) is 14.7. The summed E-state index contributed by atoms with van der Waals surface area (Å²) in [5.41, 5.74) is 3.02. The van der Waals surface area contributed by atoms with Crippen LogP contribution in [0.3, 0.4) is 0 Å². The Hall–Kier alpha value is -4.79. The van der Waals surface area contributed by atoms with Crippen LogP contribution in [-0.4, -0.2) is 65.1 Å². The molecule has 4 heterocycles. The third-order valence-corrected chi connectivity index (χ3v) is 6.19. The number of ether oxygens (including phenoxy) is 1. The Labute approximate surface area is 206 Å². The van der Waals surface area contributed by atoms with E-state index in [2.05, 4.69) is 42.0 Å². The summed E-state index contributed by atoms with van der Waals surface area (Å²) in [6.07, 6.45) is 5.00. The Morgan fingerprint density at radius 2 is 1.94 bits per heavy atom. The summed E-state index contributed by atoms with van der Waals surface area (Å²) >= 11 is 0. The molecule has 0 unspecified atom stereocenters. The first-order chi connectivity index (χ1) is 17.5. The fraction of sp³-hybridized carbons (Fsp3) is 0.292. The van der Waals surface area contributed by atoms with E-state index < -0.39 is 11.5 Å². The molecule has 0 saturated carbocycles. The average molecular weight is 488 g/mol. The van der Waals surface area contributed by atoms with Crippen LogP contribution in [0.25, 0.3) is 0 Å². The molecule has 1 aromatic carbocycles. The van der Waals surface area contributed by atoms with Gasteiger partial charge in [0.05, 0.1) is 18.2 Å². The van der Waals surface area contributed by atoms with Crippen molar-refractivity contribution in [2.45, 2.75) is 6.92 Å². The number of pyridine rings is 1. The minimum Gasteiger partial charge on any atom is -0.474 e. The van der Waals surface area contributed by atoms with Gasteiger partial charge in [-0.05, 0) is 31.2 Å². The fourth-order valence-corrected chi connectivity index (χ4v) is 4.19. The van der Waals surface area contributed by atoms with Gasteiger partial charge >= 0.3 is 0 Å². The lowest BCUT2D eigenvalue weighted by atomic mass is 10.1. The van der Waals surface area contributed by atoms with Gasteiger partial charge in [-0.1, -0.05) is 0 Å². The van der Waals surface area contributed by atoms with Crippen LogP contribution in [0.1, 0.15) is 15.9 Å². The number of aromatic amines is 1. The molecule has 2 aliphatic heterocycles. The first-order valence-corrected chi connectivity index (χ1v) is 11.6. The van der Waals surface area contributed by atoms with E-state index in [-0.39, 0.29) is 11.4 Å². The van der Waals surface area contributed by atoms with E-state index in [1.807, 2.05) is 19.1 Å². The zero-order valence-electron chi connectivity index (χ0n) is 19.7. The van der Waals surface area contributed by atoms with Crippen LogP contribution in [0.5, 0.6) is 5.88 Å². The highest BCUT2D eigenvalue weighted by atomic mass is 16.5. The minimum absolute atomic E-state index is 0.116. The average Bonchev–Trinajstić information content (AvgIpc) is 2.91. The largest absolute Gasteiger partial charge is 0.474 e. The van der Waals surface area contributed by atoms with Crippen molar-refractivity contribution in [2.75, 3.05) is 60.2 Å². The van der Waals surface area contributed by atoms with Crippen molar-refractivity contribution in [1.82, 2.24) is 19.9 Å². The highest BCUT2D eigenvalue weighted by molar-refractivity contribution is 6.07. The van der Waals surface area contributed by atoms with Gasteiger partial charge in [-0.3, -0.25) is 9.59 Å². The van der Waals surface area contributed by atoms with Gasteiger partial charge in [0.25, 0.3) is 11.5 Å². The third-order valence-electron chi connectivity index (χ3n) is 6.19. The molecule has 12 heteroatoms. The van der Waals surface area contributed by atoms with Gasteiger partial charge in [0, 0.05) is 49.7 Å². The quantitative estimate of drug-likeness (QED) is 0.393. The second kappa shape index (κ2) is 9.83. The highest BCUT2D eigenvalue weighted by Gasteiger charge is 2.21. The Balaban J connectivity index is 1.33. The van der Waals surface area contributed by atoms with Crippen LogP contribution in [0.15, 0.2) is 41.6 Å². The predicted octanol–water partition coefficient (Wildman–Crippen LogP) is 1.88. The number of piperazine rings is 1. The Morgan fingerprint density at radius 3 is 2.69 bits per heavy atom. The molecule has 2 aromatic heterocycles. The molecule has 12 nitrogen and oxygen atoms in total. The topological polar surface area (TPSA) is 151 Å². The zero-order chi connectivity index (χ0) is 25.1. The number of aromatic nitrogens is 3. The maximum Gasteiger partial charge on any atom is 0.265 e. The van der Waals surface area contributed by atoms with Crippen molar-refractivity contribution in [3.05, 3.63) is 58.3 Å². The fourth-order valence-electron chi connectivity index (χ4n) is 4.19. The van der Waals surface area contributed by atoms with Gasteiger partial charge in [-0.25, -0.2) is 9.97 Å². The summed E-state index contributed by atoms with van der Waals surface area (Å²) in [6, 6.07) is 7.37. The van der Waals surface area contributed by atoms with E-state index in [4.69, 9.17) is 10.00 Å². The number of hydrogen-bond acceptors (Lipinski definition) is 10. The summed E-state index contributed by atoms with van der Waals surface area (Å²) in [5.74, 6) is 0.0357. The van der Waals surface area contributed by atoms with Gasteiger partial charge in [0.2, 0.25) is 5.88 Å². The molecule has 0 spiro atoms. The lowest BCUT2D eigenvalue weighted by Gasteiger charge is -2.33. The number of nitrogens with one attached hydrogen (secondary N) is 4. The van der Waals surface area contributed by atoms with Crippen molar-refractivity contribution in [1.29, 1.82) is 5.26 Å². The first kappa shape index (κ1) is 23.0. The lowest BCUT2D eigenvalue weighted by molar-refractivity contribution is 0.102. The number of amides is 1. The standard InChI is InChI=1S/C24H25N9O3/c1-15-18(12-27-24-20(15)26-6-11-36-24)31-21-19(22(34)29-14-28-21)23(35)30-16-2-4-17(5-3-16)33-9-7-32(13-25)8-10-33/h2-5,12,14,26H,6-11H2,1H3,(H,30,35)(H2,28,29,31,34). The number of fused-ring (bicyclic) bond motifs is 1. The number of nitriles is 1. The van der Waals surface area contributed by atoms with Crippen LogP contribution >= 0.6 is 0 Å². The molecule has 1 amide bonds. The number of carbonyl (C=O) groups is 1. The third kappa shape index (κ3) is 4.58. The van der Waals surface area contributed by atoms with Gasteiger partial charge in [-0.15, -0.1) is 0 Å². The van der Waals surface area contributed by atoms with Crippen molar-refractivity contribution in [3.8, 4) is 12.1 Å². The molecular weight excluding hydrogens is 462 g/mol. The van der Waals surface area contributed by atoms with Crippen LogP contribution in [0.4, 0.5) is 28.6 Å². The van der Waals surface area contributed by atoms with Crippen LogP contribution in [-0.2, 0) is 0 Å². The molecule has 1 saturated heterocycles. The Kier molecular flexibility index (Phi) is 6.27. The predicted molar refractivity (Wildman–Crippen MR) is 135 cm³/mol. The lowest BCUT2D eigenvalue weighted by Crippen LogP contribution is -2.44. The van der Waals surface area contributed by atoms with E-state index in [1.54, 1.807) is 23.2 Å². The SMILES string of the molecule is Cc1c(Nc2nc[nH]c(=O)c2C(=O)Nc2ccc(N3CCN(C#N)CC3)cc2)cnc2c1NCCO2. The number of carbonyl (C=O) groups excluding carboxylic acids is 1. The van der Waals surface area contributed by atoms with Crippen LogP contribution < -0.4 is 31.1 Å². The van der Waals surface area contributed by atoms with Crippen molar-refractivity contribution in [3.63, 3.8) is 0 Å². The van der Waals surface area contributed by atoms with Gasteiger partial charge in [-0.2, -0.15) is 5.26 Å². The van der Waals surface area contributed by atoms with E-state index >= 15 is 0 Å². The molecule has 0 radical (unpaired) electrons. The van der Waals surface area contributed by atoms with E-state index in [0.717, 1.165) is 30.0 Å². The molecule has 4 N–H and O–H groups in total. The number of anilines is 5. The summed E-state index contributed by atoms with van der Waals surface area (Å²) < 4.78 is 5.56. The van der Waals surface area contributed by atoms with Crippen LogP contribution in [0, 0.1) is 18.4 Å². The molecule has 3 aromatic rings. The number of rotatable bonds is 5. The highest BCUT2D eigenvalue weighted by Crippen LogP contribution is 2.34. The van der Waals surface area contributed by atoms with Crippen LogP contribution in [0.2, 0.25) is 0 Å². The van der Waals surface area contributed by atoms with Gasteiger partial charge < -0.3 is 35.5 Å². The molecule has 5 rings (SSSR count). The van der Waals surface area contributed by atoms with E-state index in [9.17, 15) is 9.59 Å². The summed E-state index contributed by atoms with van der Waals surface area (Å²) in [4.78, 5) is 40.6. The zero-order valence-corrected chi connectivity index (χ0v) is 19.7. The van der Waals surface area contributed by atoms with Crippen molar-refractivity contribution in [2.24, 2.45) is 0 Å². The summed E-state index contributed by atoms with van der Waals surface area (Å²) in [6.45, 7) is 5.93. The molecule has 184 valence electrons. The number of benzene rings is 1. The van der Waals surface area contributed by atoms with E-state index in [1.165, 1.54) is 6.33 Å². The molecule has 1 fully saturated rings. The molecule has 0 aliphatic carbocycles. The summed E-state index contributed by atoms with van der Waals surface area (Å²) in [7, 11) is 0. The Bertz CT molecular complexity index is 1370. The molecular formula is C24H25N9O3. The summed E-state index contributed by atoms with van der Waals surface area (Å²) in [5, 5.41) is 18.1. The molecule has 36 heavy (non-hydrogen) atoms. The molecule has 0 atom stereocenters. The monoisotopic (exact) mass is 487 g/mol. The number of H-pyrrole nitrogens is 1. The first-order valence-electron chi connectivity index (χ1n) is 11.6. The van der Waals surface area contributed by atoms with Gasteiger partial charge in [0.15, 0.2) is 12.0 Å². The van der Waals surface area contributed by atoms with E-state index in [0.29, 0.717) is 43.5 Å².